The topological polar surface area (TPSA) is 42.0 Å². The highest BCUT2D eigenvalue weighted by Crippen LogP contribution is 2.34. The lowest BCUT2D eigenvalue weighted by molar-refractivity contribution is -0.113. The number of hydrogen-bond acceptors (Lipinski definition) is 4. The molecule has 0 spiro atoms. The van der Waals surface area contributed by atoms with E-state index in [1.807, 2.05) is 11.6 Å². The molecule has 1 fully saturated rings. The standard InChI is InChI=1S/C18H22N2OS2/c1-22-12-17(21)20-18-19-16(11-23-18)15-9-7-14(8-10-15)13-5-3-2-4-6-13/h7-11,13H,2-6,12H2,1H3,(H,19,20,21). The minimum absolute atomic E-state index is 0.00560. The summed E-state index contributed by atoms with van der Waals surface area (Å²) in [6.45, 7) is 0. The van der Waals surface area contributed by atoms with Crippen LogP contribution in [0, 0.1) is 0 Å². The molecule has 0 aliphatic heterocycles. The number of nitrogens with one attached hydrogen (secondary N) is 1. The van der Waals surface area contributed by atoms with Gasteiger partial charge in [-0.2, -0.15) is 11.8 Å². The molecular formula is C18H22N2OS2. The maximum atomic E-state index is 11.6. The van der Waals surface area contributed by atoms with Crippen LogP contribution in [0.3, 0.4) is 0 Å². The van der Waals surface area contributed by atoms with Crippen molar-refractivity contribution >= 4 is 34.1 Å². The zero-order valence-corrected chi connectivity index (χ0v) is 15.0. The predicted octanol–water partition coefficient (Wildman–Crippen LogP) is 5.16. The quantitative estimate of drug-likeness (QED) is 0.813. The zero-order valence-electron chi connectivity index (χ0n) is 13.4. The first-order valence-electron chi connectivity index (χ1n) is 8.11. The van der Waals surface area contributed by atoms with Gasteiger partial charge in [0.2, 0.25) is 5.91 Å². The van der Waals surface area contributed by atoms with Gasteiger partial charge in [0.15, 0.2) is 5.13 Å². The van der Waals surface area contributed by atoms with E-state index >= 15 is 0 Å². The van der Waals surface area contributed by atoms with Crippen molar-refractivity contribution in [3.05, 3.63) is 35.2 Å². The van der Waals surface area contributed by atoms with Gasteiger partial charge in [-0.15, -0.1) is 11.3 Å². The molecule has 0 atom stereocenters. The van der Waals surface area contributed by atoms with Crippen molar-refractivity contribution < 1.29 is 4.79 Å². The molecule has 1 aromatic carbocycles. The van der Waals surface area contributed by atoms with Gasteiger partial charge in [0.05, 0.1) is 11.4 Å². The van der Waals surface area contributed by atoms with Gasteiger partial charge in [0.25, 0.3) is 0 Å². The van der Waals surface area contributed by atoms with Crippen LogP contribution in [0.15, 0.2) is 29.6 Å². The summed E-state index contributed by atoms with van der Waals surface area (Å²) in [5.74, 6) is 1.20. The first kappa shape index (κ1) is 16.5. The van der Waals surface area contributed by atoms with Crippen molar-refractivity contribution in [3.8, 4) is 11.3 Å². The number of benzene rings is 1. The molecule has 3 nitrogen and oxygen atoms in total. The molecule has 1 aromatic heterocycles. The number of thioether (sulfide) groups is 1. The Morgan fingerprint density at radius 2 is 2.00 bits per heavy atom. The van der Waals surface area contributed by atoms with E-state index in [1.54, 1.807) is 0 Å². The first-order chi connectivity index (χ1) is 11.3. The summed E-state index contributed by atoms with van der Waals surface area (Å²) >= 11 is 2.99. The van der Waals surface area contributed by atoms with E-state index in [-0.39, 0.29) is 5.91 Å². The summed E-state index contributed by atoms with van der Waals surface area (Å²) in [4.78, 5) is 16.1. The lowest BCUT2D eigenvalue weighted by atomic mass is 9.84. The maximum Gasteiger partial charge on any atom is 0.236 e. The van der Waals surface area contributed by atoms with Crippen molar-refractivity contribution in [1.82, 2.24) is 4.98 Å². The lowest BCUT2D eigenvalue weighted by Gasteiger charge is -2.22. The molecule has 1 amide bonds. The maximum absolute atomic E-state index is 11.6. The van der Waals surface area contributed by atoms with E-state index in [0.29, 0.717) is 10.9 Å². The van der Waals surface area contributed by atoms with Gasteiger partial charge in [-0.1, -0.05) is 43.5 Å². The number of thiazole rings is 1. The third-order valence-corrected chi connectivity index (χ3v) is 5.62. The highest BCUT2D eigenvalue weighted by atomic mass is 32.2. The van der Waals surface area contributed by atoms with Crippen LogP contribution in [0.1, 0.15) is 43.6 Å². The van der Waals surface area contributed by atoms with Crippen LogP contribution in [0.4, 0.5) is 5.13 Å². The Morgan fingerprint density at radius 1 is 1.26 bits per heavy atom. The molecule has 1 heterocycles. The van der Waals surface area contributed by atoms with Crippen LogP contribution in [-0.4, -0.2) is 22.9 Å². The molecule has 1 aliphatic carbocycles. The minimum Gasteiger partial charge on any atom is -0.301 e. The van der Waals surface area contributed by atoms with E-state index in [0.717, 1.165) is 17.2 Å². The van der Waals surface area contributed by atoms with E-state index in [2.05, 4.69) is 34.6 Å². The molecule has 0 bridgehead atoms. The monoisotopic (exact) mass is 346 g/mol. The third kappa shape index (κ3) is 4.36. The smallest absolute Gasteiger partial charge is 0.236 e. The van der Waals surface area contributed by atoms with E-state index in [4.69, 9.17) is 0 Å². The van der Waals surface area contributed by atoms with Crippen molar-refractivity contribution in [1.29, 1.82) is 0 Å². The molecule has 2 aromatic rings. The number of aromatic nitrogens is 1. The summed E-state index contributed by atoms with van der Waals surface area (Å²) in [6.07, 6.45) is 8.66. The van der Waals surface area contributed by atoms with Crippen molar-refractivity contribution in [2.45, 2.75) is 38.0 Å². The van der Waals surface area contributed by atoms with Crippen LogP contribution in [0.2, 0.25) is 0 Å². The van der Waals surface area contributed by atoms with Crippen LogP contribution in [0.5, 0.6) is 0 Å². The van der Waals surface area contributed by atoms with Gasteiger partial charge < -0.3 is 5.32 Å². The number of nitrogens with zero attached hydrogens (tertiary/aromatic N) is 1. The second kappa shape index (κ2) is 7.97. The second-order valence-corrected chi connectivity index (χ2v) is 7.70. The fourth-order valence-electron chi connectivity index (χ4n) is 3.11. The summed E-state index contributed by atoms with van der Waals surface area (Å²) in [5, 5.41) is 5.52. The van der Waals surface area contributed by atoms with Crippen molar-refractivity contribution in [2.24, 2.45) is 0 Å². The Kier molecular flexibility index (Phi) is 5.73. The second-order valence-electron chi connectivity index (χ2n) is 5.98. The predicted molar refractivity (Wildman–Crippen MR) is 100 cm³/mol. The molecule has 0 radical (unpaired) electrons. The highest BCUT2D eigenvalue weighted by molar-refractivity contribution is 7.99. The Morgan fingerprint density at radius 3 is 2.70 bits per heavy atom. The van der Waals surface area contributed by atoms with Crippen molar-refractivity contribution in [2.75, 3.05) is 17.3 Å². The number of carbonyl (C=O) groups is 1. The fourth-order valence-corrected chi connectivity index (χ4v) is 4.18. The van der Waals surface area contributed by atoms with Crippen molar-refractivity contribution in [3.63, 3.8) is 0 Å². The Labute approximate surface area is 145 Å². The number of anilines is 1. The summed E-state index contributed by atoms with van der Waals surface area (Å²) < 4.78 is 0. The van der Waals surface area contributed by atoms with Crippen LogP contribution < -0.4 is 5.32 Å². The number of carbonyl (C=O) groups excluding carboxylic acids is 1. The molecule has 5 heteroatoms. The molecule has 0 saturated heterocycles. The number of rotatable bonds is 5. The summed E-state index contributed by atoms with van der Waals surface area (Å²) in [6, 6.07) is 8.81. The van der Waals surface area contributed by atoms with Gasteiger partial charge in [-0.25, -0.2) is 4.98 Å². The van der Waals surface area contributed by atoms with Crippen LogP contribution in [0.25, 0.3) is 11.3 Å². The average molecular weight is 347 g/mol. The molecule has 0 unspecified atom stereocenters. The highest BCUT2D eigenvalue weighted by Gasteiger charge is 2.15. The molecule has 3 rings (SSSR count). The zero-order chi connectivity index (χ0) is 16.1. The van der Waals surface area contributed by atoms with Crippen LogP contribution in [-0.2, 0) is 4.79 Å². The Hall–Kier alpha value is -1.33. The van der Waals surface area contributed by atoms with Gasteiger partial charge in [0.1, 0.15) is 0 Å². The summed E-state index contributed by atoms with van der Waals surface area (Å²) in [7, 11) is 0. The molecule has 23 heavy (non-hydrogen) atoms. The number of hydrogen-bond donors (Lipinski definition) is 1. The first-order valence-corrected chi connectivity index (χ1v) is 10.4. The molecular weight excluding hydrogens is 324 g/mol. The van der Waals surface area contributed by atoms with Gasteiger partial charge in [0, 0.05) is 10.9 Å². The molecule has 1 saturated carbocycles. The summed E-state index contributed by atoms with van der Waals surface area (Å²) in [5.41, 5.74) is 3.51. The molecule has 122 valence electrons. The Balaban J connectivity index is 1.67. The minimum atomic E-state index is 0.00560. The SMILES string of the molecule is CSCC(=O)Nc1nc(-c2ccc(C3CCCCC3)cc2)cs1. The average Bonchev–Trinajstić information content (AvgIpc) is 3.04. The van der Waals surface area contributed by atoms with Gasteiger partial charge >= 0.3 is 0 Å². The van der Waals surface area contributed by atoms with E-state index < -0.39 is 0 Å². The van der Waals surface area contributed by atoms with Gasteiger partial charge in [-0.05, 0) is 30.6 Å². The largest absolute Gasteiger partial charge is 0.301 e. The lowest BCUT2D eigenvalue weighted by Crippen LogP contribution is -2.13. The normalized spacial score (nSPS) is 15.5. The molecule has 1 N–H and O–H groups in total. The van der Waals surface area contributed by atoms with E-state index in [9.17, 15) is 4.79 Å². The van der Waals surface area contributed by atoms with Crippen LogP contribution >= 0.6 is 23.1 Å². The van der Waals surface area contributed by atoms with E-state index in [1.165, 1.54) is 60.8 Å². The number of amides is 1. The molecule has 1 aliphatic rings. The van der Waals surface area contributed by atoms with Gasteiger partial charge in [-0.3, -0.25) is 4.79 Å². The third-order valence-electron chi connectivity index (χ3n) is 4.31. The fraction of sp³-hybridized carbons (Fsp3) is 0.444. The Bertz CT molecular complexity index is 645.